The zero-order valence-corrected chi connectivity index (χ0v) is 16.0. The van der Waals surface area contributed by atoms with Gasteiger partial charge in [0.1, 0.15) is 6.04 Å². The average Bonchev–Trinajstić information content (AvgIpc) is 3.11. The molecule has 2 rings (SSSR count). The summed E-state index contributed by atoms with van der Waals surface area (Å²) in [6, 6.07) is 6.56. The van der Waals surface area contributed by atoms with Gasteiger partial charge >= 0.3 is 0 Å². The van der Waals surface area contributed by atoms with Crippen molar-refractivity contribution in [1.82, 2.24) is 15.5 Å². The Bertz CT molecular complexity index is 600. The SMILES string of the molecule is CC(C)C(NC(=O)c1ccccc1Cl)C(=O)NCC(C)N1CCCC1. The second-order valence-electron chi connectivity index (χ2n) is 7.01. The van der Waals surface area contributed by atoms with E-state index in [1.165, 1.54) is 12.8 Å². The number of carbonyl (C=O) groups excluding carboxylic acids is 2. The van der Waals surface area contributed by atoms with E-state index in [2.05, 4.69) is 22.5 Å². The number of hydrogen-bond acceptors (Lipinski definition) is 3. The van der Waals surface area contributed by atoms with E-state index in [1.54, 1.807) is 24.3 Å². The zero-order valence-electron chi connectivity index (χ0n) is 15.2. The molecule has 1 aliphatic rings. The van der Waals surface area contributed by atoms with Crippen molar-refractivity contribution in [3.05, 3.63) is 34.9 Å². The minimum Gasteiger partial charge on any atom is -0.353 e. The molecule has 6 heteroatoms. The van der Waals surface area contributed by atoms with Crippen LogP contribution in [0, 0.1) is 5.92 Å². The van der Waals surface area contributed by atoms with E-state index in [0.29, 0.717) is 23.2 Å². The van der Waals surface area contributed by atoms with Crippen LogP contribution in [0.5, 0.6) is 0 Å². The van der Waals surface area contributed by atoms with Crippen molar-refractivity contribution in [2.24, 2.45) is 5.92 Å². The third kappa shape index (κ3) is 5.44. The van der Waals surface area contributed by atoms with Crippen molar-refractivity contribution < 1.29 is 9.59 Å². The third-order valence-corrected chi connectivity index (χ3v) is 5.02. The molecular weight excluding hydrogens is 338 g/mol. The van der Waals surface area contributed by atoms with Gasteiger partial charge in [-0.2, -0.15) is 0 Å². The molecule has 1 aromatic rings. The van der Waals surface area contributed by atoms with E-state index >= 15 is 0 Å². The molecule has 0 radical (unpaired) electrons. The van der Waals surface area contributed by atoms with Crippen molar-refractivity contribution in [3.8, 4) is 0 Å². The lowest BCUT2D eigenvalue weighted by Gasteiger charge is -2.26. The maximum absolute atomic E-state index is 12.6. The molecule has 138 valence electrons. The van der Waals surface area contributed by atoms with E-state index in [0.717, 1.165) is 13.1 Å². The number of likely N-dealkylation sites (tertiary alicyclic amines) is 1. The summed E-state index contributed by atoms with van der Waals surface area (Å²) in [4.78, 5) is 27.4. The van der Waals surface area contributed by atoms with Gasteiger partial charge in [0.2, 0.25) is 5.91 Å². The normalized spacial score (nSPS) is 17.3. The van der Waals surface area contributed by atoms with Crippen molar-refractivity contribution in [2.75, 3.05) is 19.6 Å². The summed E-state index contributed by atoms with van der Waals surface area (Å²) < 4.78 is 0. The first-order valence-electron chi connectivity index (χ1n) is 8.97. The molecule has 1 aromatic carbocycles. The monoisotopic (exact) mass is 365 g/mol. The zero-order chi connectivity index (χ0) is 18.4. The van der Waals surface area contributed by atoms with Gasteiger partial charge in [0, 0.05) is 12.6 Å². The number of nitrogens with zero attached hydrogens (tertiary/aromatic N) is 1. The Morgan fingerprint density at radius 1 is 1.16 bits per heavy atom. The van der Waals surface area contributed by atoms with Gasteiger partial charge in [0.25, 0.3) is 5.91 Å². The van der Waals surface area contributed by atoms with Crippen LogP contribution in [0.1, 0.15) is 44.0 Å². The smallest absolute Gasteiger partial charge is 0.253 e. The standard InChI is InChI=1S/C19H28ClN3O2/c1-13(2)17(22-18(24)15-8-4-5-9-16(15)20)19(25)21-12-14(3)23-10-6-7-11-23/h4-5,8-9,13-14,17H,6-7,10-12H2,1-3H3,(H,21,25)(H,22,24). The number of carbonyl (C=O) groups is 2. The number of nitrogens with one attached hydrogen (secondary N) is 2. The Kier molecular flexibility index (Phi) is 7.26. The predicted molar refractivity (Wildman–Crippen MR) is 101 cm³/mol. The molecular formula is C19H28ClN3O2. The number of hydrogen-bond donors (Lipinski definition) is 2. The maximum atomic E-state index is 12.6. The van der Waals surface area contributed by atoms with E-state index in [9.17, 15) is 9.59 Å². The fraction of sp³-hybridized carbons (Fsp3) is 0.579. The molecule has 1 aliphatic heterocycles. The van der Waals surface area contributed by atoms with Gasteiger partial charge in [0.05, 0.1) is 10.6 Å². The number of rotatable bonds is 7. The van der Waals surface area contributed by atoms with Crippen LogP contribution in [-0.4, -0.2) is 48.4 Å². The highest BCUT2D eigenvalue weighted by Gasteiger charge is 2.26. The van der Waals surface area contributed by atoms with Crippen LogP contribution < -0.4 is 10.6 Å². The lowest BCUT2D eigenvalue weighted by atomic mass is 10.0. The Morgan fingerprint density at radius 3 is 2.40 bits per heavy atom. The van der Waals surface area contributed by atoms with Crippen LogP contribution in [0.15, 0.2) is 24.3 Å². The minimum absolute atomic E-state index is 0.0199. The summed E-state index contributed by atoms with van der Waals surface area (Å²) in [5.41, 5.74) is 0.382. The highest BCUT2D eigenvalue weighted by molar-refractivity contribution is 6.33. The lowest BCUT2D eigenvalue weighted by Crippen LogP contribution is -2.52. The molecule has 0 aliphatic carbocycles. The molecule has 25 heavy (non-hydrogen) atoms. The number of benzene rings is 1. The fourth-order valence-electron chi connectivity index (χ4n) is 3.07. The quantitative estimate of drug-likeness (QED) is 0.781. The van der Waals surface area contributed by atoms with E-state index < -0.39 is 6.04 Å². The van der Waals surface area contributed by atoms with Gasteiger partial charge in [-0.1, -0.05) is 37.6 Å². The van der Waals surface area contributed by atoms with Crippen LogP contribution in [-0.2, 0) is 4.79 Å². The van der Waals surface area contributed by atoms with E-state index in [-0.39, 0.29) is 17.7 Å². The second-order valence-corrected chi connectivity index (χ2v) is 7.42. The molecule has 2 N–H and O–H groups in total. The Hall–Kier alpha value is -1.59. The molecule has 0 spiro atoms. The Morgan fingerprint density at radius 2 is 1.80 bits per heavy atom. The maximum Gasteiger partial charge on any atom is 0.253 e. The molecule has 1 fully saturated rings. The first kappa shape index (κ1) is 19.7. The summed E-state index contributed by atoms with van der Waals surface area (Å²) in [5.74, 6) is -0.498. The van der Waals surface area contributed by atoms with Crippen molar-refractivity contribution in [1.29, 1.82) is 0 Å². The summed E-state index contributed by atoms with van der Waals surface area (Å²) >= 11 is 6.07. The van der Waals surface area contributed by atoms with Crippen LogP contribution in [0.25, 0.3) is 0 Å². The lowest BCUT2D eigenvalue weighted by molar-refractivity contribution is -0.124. The molecule has 1 saturated heterocycles. The first-order valence-corrected chi connectivity index (χ1v) is 9.35. The molecule has 0 aromatic heterocycles. The predicted octanol–water partition coefficient (Wildman–Crippen LogP) is 2.69. The number of halogens is 1. The van der Waals surface area contributed by atoms with Crippen LogP contribution in [0.2, 0.25) is 5.02 Å². The third-order valence-electron chi connectivity index (χ3n) is 4.69. The van der Waals surface area contributed by atoms with Crippen LogP contribution in [0.3, 0.4) is 0 Å². The van der Waals surface area contributed by atoms with Crippen molar-refractivity contribution in [2.45, 2.75) is 45.7 Å². The summed E-state index contributed by atoms with van der Waals surface area (Å²) in [7, 11) is 0. The van der Waals surface area contributed by atoms with Crippen molar-refractivity contribution in [3.63, 3.8) is 0 Å². The van der Waals surface area contributed by atoms with Gasteiger partial charge in [-0.15, -0.1) is 0 Å². The molecule has 1 heterocycles. The Labute approximate surface area is 155 Å². The topological polar surface area (TPSA) is 61.4 Å². The molecule has 5 nitrogen and oxygen atoms in total. The van der Waals surface area contributed by atoms with Gasteiger partial charge in [0.15, 0.2) is 0 Å². The van der Waals surface area contributed by atoms with Crippen molar-refractivity contribution >= 4 is 23.4 Å². The largest absolute Gasteiger partial charge is 0.353 e. The summed E-state index contributed by atoms with van der Waals surface area (Å²) in [6.07, 6.45) is 2.45. The van der Waals surface area contributed by atoms with E-state index in [1.807, 2.05) is 13.8 Å². The van der Waals surface area contributed by atoms with Crippen LogP contribution in [0.4, 0.5) is 0 Å². The molecule has 0 saturated carbocycles. The molecule has 2 unspecified atom stereocenters. The highest BCUT2D eigenvalue weighted by atomic mass is 35.5. The summed E-state index contributed by atoms with van der Waals surface area (Å²) in [6.45, 7) is 8.73. The highest BCUT2D eigenvalue weighted by Crippen LogP contribution is 2.16. The molecule has 0 bridgehead atoms. The van der Waals surface area contributed by atoms with Gasteiger partial charge in [-0.25, -0.2) is 0 Å². The molecule has 2 amide bonds. The van der Waals surface area contributed by atoms with Crippen LogP contribution >= 0.6 is 11.6 Å². The Balaban J connectivity index is 1.93. The average molecular weight is 366 g/mol. The number of amides is 2. The first-order chi connectivity index (χ1) is 11.9. The van der Waals surface area contributed by atoms with Gasteiger partial charge < -0.3 is 10.6 Å². The summed E-state index contributed by atoms with van der Waals surface area (Å²) in [5, 5.41) is 6.18. The van der Waals surface area contributed by atoms with Gasteiger partial charge in [-0.05, 0) is 50.9 Å². The van der Waals surface area contributed by atoms with Gasteiger partial charge in [-0.3, -0.25) is 14.5 Å². The second kappa shape index (κ2) is 9.20. The fourth-order valence-corrected chi connectivity index (χ4v) is 3.29. The molecule has 2 atom stereocenters. The minimum atomic E-state index is -0.588. The van der Waals surface area contributed by atoms with E-state index in [4.69, 9.17) is 11.6 Å².